The Kier molecular flexibility index (Phi) is 4.34. The minimum absolute atomic E-state index is 0.0842. The summed E-state index contributed by atoms with van der Waals surface area (Å²) < 4.78 is 0. The van der Waals surface area contributed by atoms with Crippen molar-refractivity contribution in [2.75, 3.05) is 17.2 Å². The van der Waals surface area contributed by atoms with Gasteiger partial charge in [0.1, 0.15) is 0 Å². The smallest absolute Gasteiger partial charge is 0.229 e. The van der Waals surface area contributed by atoms with E-state index >= 15 is 0 Å². The van der Waals surface area contributed by atoms with Gasteiger partial charge in [0.2, 0.25) is 17.7 Å². The van der Waals surface area contributed by atoms with E-state index in [0.29, 0.717) is 24.3 Å². The third-order valence-corrected chi connectivity index (χ3v) is 3.08. The van der Waals surface area contributed by atoms with Crippen LogP contribution in [0.1, 0.15) is 19.8 Å². The van der Waals surface area contributed by atoms with Gasteiger partial charge in [-0.1, -0.05) is 13.0 Å². The van der Waals surface area contributed by atoms with Gasteiger partial charge in [0.15, 0.2) is 0 Å². The van der Waals surface area contributed by atoms with Crippen molar-refractivity contribution in [3.63, 3.8) is 0 Å². The van der Waals surface area contributed by atoms with Gasteiger partial charge in [-0.05, 0) is 18.2 Å². The Labute approximate surface area is 116 Å². The first-order valence-corrected chi connectivity index (χ1v) is 6.56. The summed E-state index contributed by atoms with van der Waals surface area (Å²) in [7, 11) is 0. The second-order valence-corrected chi connectivity index (χ2v) is 4.68. The van der Waals surface area contributed by atoms with Crippen molar-refractivity contribution in [2.24, 2.45) is 5.92 Å². The summed E-state index contributed by atoms with van der Waals surface area (Å²) in [5, 5.41) is 8.10. The molecular formula is C14H17N3O3. The number of nitrogens with one attached hydrogen (secondary N) is 3. The van der Waals surface area contributed by atoms with Gasteiger partial charge in [-0.25, -0.2) is 0 Å². The molecular weight excluding hydrogens is 258 g/mol. The van der Waals surface area contributed by atoms with Gasteiger partial charge in [0.25, 0.3) is 0 Å². The highest BCUT2D eigenvalue weighted by Crippen LogP contribution is 2.18. The first-order valence-electron chi connectivity index (χ1n) is 6.56. The van der Waals surface area contributed by atoms with Crippen molar-refractivity contribution in [1.82, 2.24) is 5.32 Å². The topological polar surface area (TPSA) is 87.3 Å². The third kappa shape index (κ3) is 3.57. The molecule has 6 heteroatoms. The Hall–Kier alpha value is -2.37. The van der Waals surface area contributed by atoms with Crippen LogP contribution in [0.5, 0.6) is 0 Å². The van der Waals surface area contributed by atoms with Gasteiger partial charge < -0.3 is 16.0 Å². The summed E-state index contributed by atoms with van der Waals surface area (Å²) in [5.74, 6) is -0.716. The molecule has 1 atom stereocenters. The van der Waals surface area contributed by atoms with Crippen molar-refractivity contribution in [1.29, 1.82) is 0 Å². The van der Waals surface area contributed by atoms with Gasteiger partial charge in [-0.15, -0.1) is 0 Å². The predicted molar refractivity (Wildman–Crippen MR) is 75.1 cm³/mol. The zero-order valence-corrected chi connectivity index (χ0v) is 11.2. The zero-order valence-electron chi connectivity index (χ0n) is 11.2. The first-order chi connectivity index (χ1) is 9.58. The van der Waals surface area contributed by atoms with E-state index in [1.165, 1.54) is 0 Å². The molecule has 2 rings (SSSR count). The average molecular weight is 275 g/mol. The average Bonchev–Trinajstić information content (AvgIpc) is 2.86. The molecule has 3 N–H and O–H groups in total. The van der Waals surface area contributed by atoms with E-state index < -0.39 is 0 Å². The summed E-state index contributed by atoms with van der Waals surface area (Å²) in [5.41, 5.74) is 1.23. The maximum atomic E-state index is 12.0. The Morgan fingerprint density at radius 1 is 1.30 bits per heavy atom. The molecule has 1 aromatic rings. The summed E-state index contributed by atoms with van der Waals surface area (Å²) in [6.07, 6.45) is 0.616. The molecule has 0 aromatic heterocycles. The zero-order chi connectivity index (χ0) is 14.5. The monoisotopic (exact) mass is 275 g/mol. The number of hydrogen-bond donors (Lipinski definition) is 3. The van der Waals surface area contributed by atoms with E-state index in [9.17, 15) is 14.4 Å². The van der Waals surface area contributed by atoms with Gasteiger partial charge in [-0.2, -0.15) is 0 Å². The third-order valence-electron chi connectivity index (χ3n) is 3.08. The van der Waals surface area contributed by atoms with E-state index in [2.05, 4.69) is 16.0 Å². The lowest BCUT2D eigenvalue weighted by atomic mass is 10.1. The van der Waals surface area contributed by atoms with Crippen LogP contribution in [0, 0.1) is 5.92 Å². The molecule has 0 spiro atoms. The molecule has 1 heterocycles. The van der Waals surface area contributed by atoms with Crippen LogP contribution in [-0.2, 0) is 14.4 Å². The molecule has 0 radical (unpaired) electrons. The van der Waals surface area contributed by atoms with Crippen LogP contribution in [0.25, 0.3) is 0 Å². The van der Waals surface area contributed by atoms with Crippen molar-refractivity contribution in [3.8, 4) is 0 Å². The highest BCUT2D eigenvalue weighted by atomic mass is 16.2. The molecule has 1 saturated heterocycles. The van der Waals surface area contributed by atoms with Crippen LogP contribution in [0.4, 0.5) is 11.4 Å². The van der Waals surface area contributed by atoms with E-state index in [-0.39, 0.29) is 30.1 Å². The van der Waals surface area contributed by atoms with Crippen molar-refractivity contribution >= 4 is 29.1 Å². The fraction of sp³-hybridized carbons (Fsp3) is 0.357. The molecule has 1 fully saturated rings. The Morgan fingerprint density at radius 3 is 2.60 bits per heavy atom. The number of carbonyl (C=O) groups is 3. The van der Waals surface area contributed by atoms with Crippen molar-refractivity contribution in [2.45, 2.75) is 19.8 Å². The van der Waals surface area contributed by atoms with Crippen LogP contribution in [0.2, 0.25) is 0 Å². The predicted octanol–water partition coefficient (Wildman–Crippen LogP) is 1.11. The van der Waals surface area contributed by atoms with Crippen molar-refractivity contribution in [3.05, 3.63) is 24.3 Å². The molecule has 1 aliphatic rings. The lowest BCUT2D eigenvalue weighted by Gasteiger charge is -2.10. The van der Waals surface area contributed by atoms with E-state index in [0.717, 1.165) is 0 Å². The molecule has 0 aliphatic carbocycles. The number of benzene rings is 1. The van der Waals surface area contributed by atoms with Gasteiger partial charge >= 0.3 is 0 Å². The maximum absolute atomic E-state index is 12.0. The highest BCUT2D eigenvalue weighted by molar-refractivity contribution is 5.98. The lowest BCUT2D eigenvalue weighted by molar-refractivity contribution is -0.123. The fourth-order valence-corrected chi connectivity index (χ4v) is 1.96. The molecule has 106 valence electrons. The molecule has 20 heavy (non-hydrogen) atoms. The van der Waals surface area contributed by atoms with Crippen LogP contribution < -0.4 is 16.0 Å². The summed E-state index contributed by atoms with van der Waals surface area (Å²) in [6, 6.07) is 6.93. The number of anilines is 2. The fourth-order valence-electron chi connectivity index (χ4n) is 1.96. The van der Waals surface area contributed by atoms with Crippen LogP contribution in [0.15, 0.2) is 24.3 Å². The SMILES string of the molecule is CCC(=O)Nc1cccc(NC(=O)C2CNC(=O)C2)c1. The van der Waals surface area contributed by atoms with Crippen LogP contribution in [-0.4, -0.2) is 24.3 Å². The number of rotatable bonds is 4. The van der Waals surface area contributed by atoms with Gasteiger partial charge in [-0.3, -0.25) is 14.4 Å². The summed E-state index contributed by atoms with van der Waals surface area (Å²) in [6.45, 7) is 2.14. The second kappa shape index (κ2) is 6.18. The lowest BCUT2D eigenvalue weighted by Crippen LogP contribution is -2.24. The Morgan fingerprint density at radius 2 is 2.00 bits per heavy atom. The summed E-state index contributed by atoms with van der Waals surface area (Å²) in [4.78, 5) is 34.4. The quantitative estimate of drug-likeness (QED) is 0.769. The highest BCUT2D eigenvalue weighted by Gasteiger charge is 2.27. The van der Waals surface area contributed by atoms with Gasteiger partial charge in [0.05, 0.1) is 5.92 Å². The van der Waals surface area contributed by atoms with Crippen LogP contribution in [0.3, 0.4) is 0 Å². The Balaban J connectivity index is 1.98. The van der Waals surface area contributed by atoms with Crippen molar-refractivity contribution < 1.29 is 14.4 Å². The molecule has 1 unspecified atom stereocenters. The molecule has 0 saturated carbocycles. The molecule has 6 nitrogen and oxygen atoms in total. The van der Waals surface area contributed by atoms with E-state index in [1.807, 2.05) is 0 Å². The minimum Gasteiger partial charge on any atom is -0.355 e. The largest absolute Gasteiger partial charge is 0.355 e. The van der Waals surface area contributed by atoms with Crippen LogP contribution >= 0.6 is 0 Å². The van der Waals surface area contributed by atoms with E-state index in [4.69, 9.17) is 0 Å². The Bertz CT molecular complexity index is 542. The summed E-state index contributed by atoms with van der Waals surface area (Å²) >= 11 is 0. The standard InChI is InChI=1S/C14H17N3O3/c1-2-12(18)16-10-4-3-5-11(7-10)17-14(20)9-6-13(19)15-8-9/h3-5,7,9H,2,6,8H2,1H3,(H,15,19)(H,16,18)(H,17,20). The minimum atomic E-state index is -0.337. The second-order valence-electron chi connectivity index (χ2n) is 4.68. The number of amides is 3. The molecule has 1 aromatic carbocycles. The molecule has 0 bridgehead atoms. The first kappa shape index (κ1) is 14.0. The molecule has 1 aliphatic heterocycles. The normalized spacial score (nSPS) is 17.4. The van der Waals surface area contributed by atoms with Gasteiger partial charge in [0, 0.05) is 30.8 Å². The molecule has 3 amide bonds. The number of carbonyl (C=O) groups excluding carboxylic acids is 3. The maximum Gasteiger partial charge on any atom is 0.229 e. The van der Waals surface area contributed by atoms with E-state index in [1.54, 1.807) is 31.2 Å². The number of hydrogen-bond acceptors (Lipinski definition) is 3.